The number of hydrogen-bond acceptors (Lipinski definition) is 4. The molecule has 0 aliphatic carbocycles. The summed E-state index contributed by atoms with van der Waals surface area (Å²) in [6.45, 7) is 5.75. The Kier molecular flexibility index (Phi) is 5.79. The van der Waals surface area contributed by atoms with E-state index in [0.29, 0.717) is 5.56 Å². The fourth-order valence-corrected chi connectivity index (χ4v) is 3.21. The number of carbonyl (C=O) groups excluding carboxylic acids is 1. The highest BCUT2D eigenvalue weighted by Gasteiger charge is 2.17. The Balaban J connectivity index is 1.45. The van der Waals surface area contributed by atoms with E-state index in [9.17, 15) is 4.79 Å². The number of nitrogens with one attached hydrogen (secondary N) is 1. The minimum Gasteiger partial charge on any atom is -0.383 e. The number of benzene rings is 2. The van der Waals surface area contributed by atoms with Crippen molar-refractivity contribution in [3.8, 4) is 0 Å². The third kappa shape index (κ3) is 4.65. The van der Waals surface area contributed by atoms with Crippen molar-refractivity contribution in [3.63, 3.8) is 0 Å². The Hall–Kier alpha value is -2.24. The SMILES string of the molecule is NC(=O)c1ccccc1NCCN1CCN(c2ccc(Cl)cc2)CC1. The monoisotopic (exact) mass is 358 g/mol. The van der Waals surface area contributed by atoms with Crippen molar-refractivity contribution < 1.29 is 4.79 Å². The zero-order valence-corrected chi connectivity index (χ0v) is 14.9. The van der Waals surface area contributed by atoms with Crippen LogP contribution in [0.15, 0.2) is 48.5 Å². The van der Waals surface area contributed by atoms with Gasteiger partial charge in [-0.25, -0.2) is 0 Å². The van der Waals surface area contributed by atoms with Crippen molar-refractivity contribution in [2.24, 2.45) is 5.73 Å². The van der Waals surface area contributed by atoms with Gasteiger partial charge in [-0.15, -0.1) is 0 Å². The minimum atomic E-state index is -0.403. The number of primary amides is 1. The first kappa shape index (κ1) is 17.6. The normalized spacial score (nSPS) is 15.2. The topological polar surface area (TPSA) is 61.6 Å². The predicted octanol–water partition coefficient (Wildman–Crippen LogP) is 2.67. The number of anilines is 2. The van der Waals surface area contributed by atoms with Gasteiger partial charge in [0.2, 0.25) is 0 Å². The maximum absolute atomic E-state index is 11.4. The van der Waals surface area contributed by atoms with Crippen LogP contribution in [0, 0.1) is 0 Å². The molecule has 1 saturated heterocycles. The van der Waals surface area contributed by atoms with Gasteiger partial charge in [-0.05, 0) is 36.4 Å². The number of rotatable bonds is 6. The van der Waals surface area contributed by atoms with Crippen molar-refractivity contribution in [2.45, 2.75) is 0 Å². The summed E-state index contributed by atoms with van der Waals surface area (Å²) in [5, 5.41) is 4.09. The van der Waals surface area contributed by atoms with E-state index < -0.39 is 5.91 Å². The van der Waals surface area contributed by atoms with Crippen LogP contribution in [0.5, 0.6) is 0 Å². The summed E-state index contributed by atoms with van der Waals surface area (Å²) < 4.78 is 0. The first-order chi connectivity index (χ1) is 12.1. The maximum Gasteiger partial charge on any atom is 0.250 e. The highest BCUT2D eigenvalue weighted by atomic mass is 35.5. The second-order valence-corrected chi connectivity index (χ2v) is 6.58. The molecule has 0 aromatic heterocycles. The lowest BCUT2D eigenvalue weighted by Gasteiger charge is -2.36. The second kappa shape index (κ2) is 8.23. The largest absolute Gasteiger partial charge is 0.383 e. The molecule has 132 valence electrons. The molecule has 0 radical (unpaired) electrons. The van der Waals surface area contributed by atoms with Crippen molar-refractivity contribution in [1.82, 2.24) is 4.90 Å². The van der Waals surface area contributed by atoms with Gasteiger partial charge in [0, 0.05) is 55.7 Å². The summed E-state index contributed by atoms with van der Waals surface area (Å²) in [5.41, 5.74) is 7.96. The van der Waals surface area contributed by atoms with Gasteiger partial charge >= 0.3 is 0 Å². The van der Waals surface area contributed by atoms with Gasteiger partial charge in [-0.3, -0.25) is 9.69 Å². The zero-order valence-electron chi connectivity index (χ0n) is 14.1. The minimum absolute atomic E-state index is 0.403. The first-order valence-electron chi connectivity index (χ1n) is 8.49. The smallest absolute Gasteiger partial charge is 0.250 e. The van der Waals surface area contributed by atoms with Crippen LogP contribution in [0.25, 0.3) is 0 Å². The van der Waals surface area contributed by atoms with Crippen molar-refractivity contribution >= 4 is 28.9 Å². The molecule has 25 heavy (non-hydrogen) atoms. The van der Waals surface area contributed by atoms with Gasteiger partial charge in [0.15, 0.2) is 0 Å². The molecule has 2 aromatic carbocycles. The van der Waals surface area contributed by atoms with Crippen LogP contribution in [0.4, 0.5) is 11.4 Å². The molecule has 0 unspecified atom stereocenters. The van der Waals surface area contributed by atoms with E-state index >= 15 is 0 Å². The number of halogens is 1. The summed E-state index contributed by atoms with van der Waals surface area (Å²) in [6.07, 6.45) is 0. The first-order valence-corrected chi connectivity index (χ1v) is 8.87. The lowest BCUT2D eigenvalue weighted by atomic mass is 10.1. The summed E-state index contributed by atoms with van der Waals surface area (Å²) >= 11 is 5.95. The van der Waals surface area contributed by atoms with Gasteiger partial charge in [-0.2, -0.15) is 0 Å². The molecule has 1 aliphatic heterocycles. The standard InChI is InChI=1S/C19H23ClN4O/c20-15-5-7-16(8-6-15)24-13-11-23(12-14-24)10-9-22-18-4-2-1-3-17(18)19(21)25/h1-8,22H,9-14H2,(H2,21,25). The van der Waals surface area contributed by atoms with Crippen LogP contribution >= 0.6 is 11.6 Å². The number of hydrogen-bond donors (Lipinski definition) is 2. The van der Waals surface area contributed by atoms with Gasteiger partial charge in [-0.1, -0.05) is 23.7 Å². The molecule has 3 N–H and O–H groups in total. The van der Waals surface area contributed by atoms with Gasteiger partial charge < -0.3 is 16.0 Å². The second-order valence-electron chi connectivity index (χ2n) is 6.14. The maximum atomic E-state index is 11.4. The number of carbonyl (C=O) groups is 1. The number of piperazine rings is 1. The number of nitrogens with two attached hydrogens (primary N) is 1. The predicted molar refractivity (Wildman–Crippen MR) is 104 cm³/mol. The van der Waals surface area contributed by atoms with E-state index in [1.165, 1.54) is 5.69 Å². The van der Waals surface area contributed by atoms with Crippen LogP contribution in [-0.2, 0) is 0 Å². The zero-order chi connectivity index (χ0) is 17.6. The quantitative estimate of drug-likeness (QED) is 0.833. The van der Waals surface area contributed by atoms with E-state index in [1.807, 2.05) is 30.3 Å². The van der Waals surface area contributed by atoms with E-state index in [4.69, 9.17) is 17.3 Å². The molecular weight excluding hydrogens is 336 g/mol. The molecule has 0 atom stereocenters. The molecule has 5 nitrogen and oxygen atoms in total. The molecule has 1 heterocycles. The highest BCUT2D eigenvalue weighted by Crippen LogP contribution is 2.19. The molecule has 0 saturated carbocycles. The van der Waals surface area contributed by atoms with Crippen LogP contribution < -0.4 is 16.0 Å². The average molecular weight is 359 g/mol. The van der Waals surface area contributed by atoms with Gasteiger partial charge in [0.1, 0.15) is 0 Å². The fraction of sp³-hybridized carbons (Fsp3) is 0.316. The molecule has 1 aliphatic rings. The Labute approximate surface area is 153 Å². The molecular formula is C19H23ClN4O. The Morgan fingerprint density at radius 1 is 1.04 bits per heavy atom. The number of para-hydroxylation sites is 1. The summed E-state index contributed by atoms with van der Waals surface area (Å²) in [4.78, 5) is 16.2. The third-order valence-electron chi connectivity index (χ3n) is 4.50. The molecule has 6 heteroatoms. The summed E-state index contributed by atoms with van der Waals surface area (Å²) in [6, 6.07) is 15.4. The van der Waals surface area contributed by atoms with Crippen molar-refractivity contribution in [1.29, 1.82) is 0 Å². The molecule has 1 amide bonds. The summed E-state index contributed by atoms with van der Waals surface area (Å²) in [7, 11) is 0. The van der Waals surface area contributed by atoms with Crippen LogP contribution in [0.1, 0.15) is 10.4 Å². The van der Waals surface area contributed by atoms with Crippen LogP contribution in [0.3, 0.4) is 0 Å². The van der Waals surface area contributed by atoms with E-state index in [-0.39, 0.29) is 0 Å². The third-order valence-corrected chi connectivity index (χ3v) is 4.75. The Bertz CT molecular complexity index is 712. The average Bonchev–Trinajstić information content (AvgIpc) is 2.63. The van der Waals surface area contributed by atoms with Crippen LogP contribution in [-0.4, -0.2) is 50.1 Å². The summed E-state index contributed by atoms with van der Waals surface area (Å²) in [5.74, 6) is -0.403. The number of nitrogens with zero attached hydrogens (tertiary/aromatic N) is 2. The van der Waals surface area contributed by atoms with Crippen molar-refractivity contribution in [3.05, 3.63) is 59.1 Å². The van der Waals surface area contributed by atoms with E-state index in [0.717, 1.165) is 50.0 Å². The Morgan fingerprint density at radius 3 is 2.40 bits per heavy atom. The molecule has 3 rings (SSSR count). The highest BCUT2D eigenvalue weighted by molar-refractivity contribution is 6.30. The molecule has 1 fully saturated rings. The van der Waals surface area contributed by atoms with Gasteiger partial charge in [0.05, 0.1) is 5.56 Å². The number of amides is 1. The molecule has 0 spiro atoms. The molecule has 0 bridgehead atoms. The lowest BCUT2D eigenvalue weighted by molar-refractivity contribution is 0.100. The van der Waals surface area contributed by atoms with Gasteiger partial charge in [0.25, 0.3) is 5.91 Å². The molecule has 2 aromatic rings. The van der Waals surface area contributed by atoms with E-state index in [2.05, 4.69) is 27.2 Å². The fourth-order valence-electron chi connectivity index (χ4n) is 3.08. The Morgan fingerprint density at radius 2 is 1.72 bits per heavy atom. The van der Waals surface area contributed by atoms with E-state index in [1.54, 1.807) is 6.07 Å². The van der Waals surface area contributed by atoms with Crippen molar-refractivity contribution in [2.75, 3.05) is 49.5 Å². The lowest BCUT2D eigenvalue weighted by Crippen LogP contribution is -2.47. The van der Waals surface area contributed by atoms with Crippen LogP contribution in [0.2, 0.25) is 5.02 Å².